The number of anilines is 1. The zero-order valence-electron chi connectivity index (χ0n) is 11.3. The molecule has 2 fully saturated rings. The molecule has 1 heterocycles. The highest BCUT2D eigenvalue weighted by molar-refractivity contribution is 5.79. The number of carboxylic acids is 1. The summed E-state index contributed by atoms with van der Waals surface area (Å²) in [5.41, 5.74) is 1.55. The number of hydrogen-bond donors (Lipinski definition) is 1. The van der Waals surface area contributed by atoms with Crippen molar-refractivity contribution in [3.05, 3.63) is 29.8 Å². The second-order valence-corrected chi connectivity index (χ2v) is 5.77. The monoisotopic (exact) mass is 270 g/mol. The van der Waals surface area contributed by atoms with E-state index in [1.165, 1.54) is 12.8 Å². The minimum atomic E-state index is -0.733. The molecule has 1 aliphatic carbocycles. The highest BCUT2D eigenvalue weighted by atomic mass is 16.4. The molecule has 3 rings (SSSR count). The topological polar surface area (TPSA) is 64.3 Å². The molecule has 0 spiro atoms. The van der Waals surface area contributed by atoms with Crippen LogP contribution < -0.4 is 4.90 Å². The Morgan fingerprint density at radius 3 is 2.60 bits per heavy atom. The van der Waals surface area contributed by atoms with Gasteiger partial charge in [-0.1, -0.05) is 12.8 Å². The van der Waals surface area contributed by atoms with Gasteiger partial charge in [-0.2, -0.15) is 5.26 Å². The van der Waals surface area contributed by atoms with Crippen molar-refractivity contribution in [1.29, 1.82) is 5.26 Å². The quantitative estimate of drug-likeness (QED) is 0.897. The van der Waals surface area contributed by atoms with Crippen LogP contribution in [-0.4, -0.2) is 23.2 Å². The molecule has 1 N–H and O–H groups in total. The Bertz CT molecular complexity index is 547. The first-order chi connectivity index (χ1) is 9.70. The normalized spacial score (nSPS) is 28.8. The molecular weight excluding hydrogens is 252 g/mol. The minimum absolute atomic E-state index is 0.345. The van der Waals surface area contributed by atoms with Crippen LogP contribution in [0.1, 0.15) is 37.7 Å². The van der Waals surface area contributed by atoms with E-state index in [-0.39, 0.29) is 0 Å². The first-order valence-corrected chi connectivity index (χ1v) is 7.22. The van der Waals surface area contributed by atoms with Crippen LogP contribution in [0.5, 0.6) is 0 Å². The van der Waals surface area contributed by atoms with Gasteiger partial charge in [0.25, 0.3) is 0 Å². The Hall–Kier alpha value is -2.02. The van der Waals surface area contributed by atoms with Gasteiger partial charge in [-0.15, -0.1) is 0 Å². The van der Waals surface area contributed by atoms with Gasteiger partial charge in [-0.3, -0.25) is 0 Å². The molecule has 0 radical (unpaired) electrons. The van der Waals surface area contributed by atoms with Gasteiger partial charge in [0.2, 0.25) is 0 Å². The van der Waals surface area contributed by atoms with Crippen LogP contribution in [0.15, 0.2) is 24.3 Å². The molecule has 0 amide bonds. The molecule has 0 aromatic heterocycles. The molecule has 3 unspecified atom stereocenters. The van der Waals surface area contributed by atoms with E-state index in [1.807, 2.05) is 12.1 Å². The summed E-state index contributed by atoms with van der Waals surface area (Å²) in [7, 11) is 0. The van der Waals surface area contributed by atoms with Gasteiger partial charge in [-0.25, -0.2) is 4.79 Å². The maximum absolute atomic E-state index is 11.6. The maximum Gasteiger partial charge on any atom is 0.326 e. The highest BCUT2D eigenvalue weighted by Gasteiger charge is 2.45. The molecule has 4 heteroatoms. The van der Waals surface area contributed by atoms with E-state index in [2.05, 4.69) is 11.0 Å². The smallest absolute Gasteiger partial charge is 0.326 e. The Morgan fingerprint density at radius 2 is 1.95 bits per heavy atom. The predicted octanol–water partition coefficient (Wildman–Crippen LogP) is 2.78. The number of rotatable bonds is 2. The van der Waals surface area contributed by atoms with E-state index >= 15 is 0 Å². The van der Waals surface area contributed by atoms with E-state index in [9.17, 15) is 9.90 Å². The van der Waals surface area contributed by atoms with Crippen molar-refractivity contribution >= 4 is 11.7 Å². The number of fused-ring (bicyclic) bond motifs is 1. The largest absolute Gasteiger partial charge is 0.480 e. The zero-order valence-corrected chi connectivity index (χ0v) is 11.3. The van der Waals surface area contributed by atoms with Crippen molar-refractivity contribution in [2.75, 3.05) is 4.90 Å². The molecule has 104 valence electrons. The average Bonchev–Trinajstić information content (AvgIpc) is 2.87. The lowest BCUT2D eigenvalue weighted by Crippen LogP contribution is -2.42. The van der Waals surface area contributed by atoms with Gasteiger partial charge in [-0.05, 0) is 49.4 Å². The summed E-state index contributed by atoms with van der Waals surface area (Å²) in [6.45, 7) is 0. The minimum Gasteiger partial charge on any atom is -0.480 e. The van der Waals surface area contributed by atoms with E-state index in [0.717, 1.165) is 24.9 Å². The van der Waals surface area contributed by atoms with Crippen LogP contribution in [0.3, 0.4) is 0 Å². The number of carboxylic acid groups (broad SMARTS) is 1. The van der Waals surface area contributed by atoms with Crippen molar-refractivity contribution in [3.8, 4) is 6.07 Å². The summed E-state index contributed by atoms with van der Waals surface area (Å²) in [6.07, 6.45) is 5.37. The summed E-state index contributed by atoms with van der Waals surface area (Å²) in [5, 5.41) is 18.4. The molecule has 3 atom stereocenters. The fraction of sp³-hybridized carbons (Fsp3) is 0.500. The second-order valence-electron chi connectivity index (χ2n) is 5.77. The van der Waals surface area contributed by atoms with Gasteiger partial charge >= 0.3 is 5.97 Å². The SMILES string of the molecule is N#Cc1ccc(N2C(C(=O)O)CC3CCCCC32)cc1. The van der Waals surface area contributed by atoms with Crippen LogP contribution in [0.4, 0.5) is 5.69 Å². The Labute approximate surface area is 118 Å². The van der Waals surface area contributed by atoms with Crippen LogP contribution in [0.2, 0.25) is 0 Å². The fourth-order valence-corrected chi connectivity index (χ4v) is 3.76. The van der Waals surface area contributed by atoms with Crippen molar-refractivity contribution in [1.82, 2.24) is 0 Å². The third kappa shape index (κ3) is 2.14. The van der Waals surface area contributed by atoms with Crippen molar-refractivity contribution in [2.45, 2.75) is 44.2 Å². The van der Waals surface area contributed by atoms with Crippen molar-refractivity contribution in [2.24, 2.45) is 5.92 Å². The molecule has 1 aromatic carbocycles. The lowest BCUT2D eigenvalue weighted by atomic mass is 9.84. The van der Waals surface area contributed by atoms with Crippen LogP contribution >= 0.6 is 0 Å². The number of aliphatic carboxylic acids is 1. The van der Waals surface area contributed by atoms with E-state index in [4.69, 9.17) is 5.26 Å². The molecule has 0 bridgehead atoms. The van der Waals surface area contributed by atoms with Crippen molar-refractivity contribution in [3.63, 3.8) is 0 Å². The first kappa shape index (κ1) is 13.0. The van der Waals surface area contributed by atoms with Gasteiger partial charge in [0, 0.05) is 11.7 Å². The summed E-state index contributed by atoms with van der Waals surface area (Å²) >= 11 is 0. The van der Waals surface area contributed by atoms with Gasteiger partial charge < -0.3 is 10.0 Å². The molecule has 1 aliphatic heterocycles. The number of hydrogen-bond acceptors (Lipinski definition) is 3. The standard InChI is InChI=1S/C16H18N2O2/c17-10-11-5-7-13(8-6-11)18-14-4-2-1-3-12(14)9-15(18)16(19)20/h5-8,12,14-15H,1-4,9H2,(H,19,20). The third-order valence-corrected chi connectivity index (χ3v) is 4.67. The molecule has 20 heavy (non-hydrogen) atoms. The average molecular weight is 270 g/mol. The van der Waals surface area contributed by atoms with Crippen molar-refractivity contribution < 1.29 is 9.90 Å². The van der Waals surface area contributed by atoms with Gasteiger partial charge in [0.1, 0.15) is 6.04 Å². The van der Waals surface area contributed by atoms with Gasteiger partial charge in [0.15, 0.2) is 0 Å². The number of benzene rings is 1. The summed E-state index contributed by atoms with van der Waals surface area (Å²) in [4.78, 5) is 13.6. The Kier molecular flexibility index (Phi) is 3.35. The number of carbonyl (C=O) groups is 1. The summed E-state index contributed by atoms with van der Waals surface area (Å²) < 4.78 is 0. The Balaban J connectivity index is 1.94. The fourth-order valence-electron chi connectivity index (χ4n) is 3.76. The summed E-state index contributed by atoms with van der Waals surface area (Å²) in [5.74, 6) is -0.232. The molecular formula is C16H18N2O2. The zero-order chi connectivity index (χ0) is 14.1. The number of nitriles is 1. The Morgan fingerprint density at radius 1 is 1.25 bits per heavy atom. The predicted molar refractivity (Wildman–Crippen MR) is 75.4 cm³/mol. The molecule has 1 saturated heterocycles. The summed E-state index contributed by atoms with van der Waals surface area (Å²) in [6, 6.07) is 9.32. The van der Waals surface area contributed by atoms with Crippen LogP contribution in [0, 0.1) is 17.2 Å². The van der Waals surface area contributed by atoms with Crippen LogP contribution in [-0.2, 0) is 4.79 Å². The highest BCUT2D eigenvalue weighted by Crippen LogP contribution is 2.42. The molecule has 1 saturated carbocycles. The van der Waals surface area contributed by atoms with Gasteiger partial charge in [0.05, 0.1) is 11.6 Å². The lowest BCUT2D eigenvalue weighted by molar-refractivity contribution is -0.138. The maximum atomic E-state index is 11.6. The van der Waals surface area contributed by atoms with Crippen LogP contribution in [0.25, 0.3) is 0 Å². The molecule has 2 aliphatic rings. The lowest BCUT2D eigenvalue weighted by Gasteiger charge is -2.34. The van der Waals surface area contributed by atoms with E-state index in [0.29, 0.717) is 17.5 Å². The molecule has 4 nitrogen and oxygen atoms in total. The van der Waals surface area contributed by atoms with E-state index in [1.54, 1.807) is 12.1 Å². The van der Waals surface area contributed by atoms with E-state index < -0.39 is 12.0 Å². The third-order valence-electron chi connectivity index (χ3n) is 4.67. The first-order valence-electron chi connectivity index (χ1n) is 7.22. The number of nitrogens with zero attached hydrogens (tertiary/aromatic N) is 2. The second kappa shape index (κ2) is 5.16. The molecule has 1 aromatic rings.